The molecule has 0 aliphatic carbocycles. The summed E-state index contributed by atoms with van der Waals surface area (Å²) < 4.78 is 4.63. The topological polar surface area (TPSA) is 65.0 Å². The van der Waals surface area contributed by atoms with E-state index < -0.39 is 11.8 Å². The Bertz CT molecular complexity index is 235. The van der Waals surface area contributed by atoms with E-state index >= 15 is 0 Å². The molecule has 0 N–H and O–H groups in total. The summed E-state index contributed by atoms with van der Waals surface area (Å²) in [6, 6.07) is 0. The van der Waals surface area contributed by atoms with Crippen LogP contribution in [-0.2, 0) is 19.2 Å². The minimum atomic E-state index is -0.740. The van der Waals surface area contributed by atoms with Crippen molar-refractivity contribution in [2.75, 3.05) is 13.2 Å². The Morgan fingerprint density at radius 1 is 1.29 bits per heavy atom. The summed E-state index contributed by atoms with van der Waals surface area (Å²) >= 11 is 0. The van der Waals surface area contributed by atoms with Crippen LogP contribution in [0.25, 0.3) is 0 Å². The average Bonchev–Trinajstić information content (AvgIpc) is 2.12. The van der Waals surface area contributed by atoms with Crippen LogP contribution in [0.5, 0.6) is 0 Å². The Balaban J connectivity index is 4.35. The number of ether oxygens (including phenoxy) is 1. The van der Waals surface area contributed by atoms with E-state index in [1.807, 2.05) is 6.92 Å². The van der Waals surface area contributed by atoms with Crippen LogP contribution in [-0.4, -0.2) is 30.7 Å². The second kappa shape index (κ2) is 7.06. The molecule has 0 aromatic rings. The lowest BCUT2D eigenvalue weighted by atomic mass is 10.3. The van der Waals surface area contributed by atoms with Gasteiger partial charge >= 0.3 is 5.97 Å². The van der Waals surface area contributed by atoms with Crippen LogP contribution >= 0.6 is 0 Å². The summed E-state index contributed by atoms with van der Waals surface area (Å²) in [6.45, 7) is 5.37. The van der Waals surface area contributed by atoms with Crippen LogP contribution in [0.4, 0.5) is 0 Å². The summed E-state index contributed by atoms with van der Waals surface area (Å²) in [5, 5.41) is 3.42. The summed E-state index contributed by atoms with van der Waals surface area (Å²) in [6.07, 6.45) is 0.761. The molecule has 0 spiro atoms. The Labute approximate surface area is 83.1 Å². The highest BCUT2D eigenvalue weighted by atomic mass is 16.6. The Hall–Kier alpha value is -1.39. The first-order chi connectivity index (χ1) is 6.63. The molecular weight excluding hydrogens is 186 g/mol. The molecule has 80 valence electrons. The number of hydrogen-bond donors (Lipinski definition) is 0. The fourth-order valence-corrected chi connectivity index (χ4v) is 0.646. The molecular formula is C9H15NO4. The molecule has 0 saturated carbocycles. The number of hydrogen-bond acceptors (Lipinski definition) is 5. The van der Waals surface area contributed by atoms with Crippen LogP contribution < -0.4 is 0 Å². The zero-order chi connectivity index (χ0) is 11.0. The zero-order valence-electron chi connectivity index (χ0n) is 8.70. The number of esters is 1. The van der Waals surface area contributed by atoms with Crippen molar-refractivity contribution in [3.05, 3.63) is 0 Å². The third-order valence-corrected chi connectivity index (χ3v) is 1.25. The van der Waals surface area contributed by atoms with Gasteiger partial charge in [-0.3, -0.25) is 4.79 Å². The lowest BCUT2D eigenvalue weighted by Crippen LogP contribution is -2.24. The smallest absolute Gasteiger partial charge is 0.364 e. The number of oxime groups is 1. The number of rotatable bonds is 6. The van der Waals surface area contributed by atoms with Gasteiger partial charge in [-0.05, 0) is 13.3 Å². The predicted molar refractivity (Wildman–Crippen MR) is 51.0 cm³/mol. The first-order valence-corrected chi connectivity index (χ1v) is 4.51. The molecule has 0 saturated heterocycles. The molecule has 0 fully saturated rings. The molecule has 0 bridgehead atoms. The number of Topliss-reactive ketones (excluding diaryl/α,β-unsaturated/α-hetero) is 1. The van der Waals surface area contributed by atoms with E-state index in [1.165, 1.54) is 6.92 Å². The van der Waals surface area contributed by atoms with Gasteiger partial charge in [-0.15, -0.1) is 0 Å². The van der Waals surface area contributed by atoms with Crippen molar-refractivity contribution in [1.29, 1.82) is 0 Å². The molecule has 0 heterocycles. The molecule has 14 heavy (non-hydrogen) atoms. The van der Waals surface area contributed by atoms with E-state index in [-0.39, 0.29) is 12.3 Å². The molecule has 5 nitrogen and oxygen atoms in total. The molecule has 0 rings (SSSR count). The molecule has 0 aromatic heterocycles. The van der Waals surface area contributed by atoms with E-state index in [0.717, 1.165) is 6.42 Å². The maximum atomic E-state index is 11.1. The third-order valence-electron chi connectivity index (χ3n) is 1.25. The molecule has 0 radical (unpaired) electrons. The van der Waals surface area contributed by atoms with Crippen molar-refractivity contribution < 1.29 is 19.2 Å². The van der Waals surface area contributed by atoms with Crippen molar-refractivity contribution in [2.45, 2.75) is 27.2 Å². The summed E-state index contributed by atoms with van der Waals surface area (Å²) in [7, 11) is 0. The molecule has 0 aliphatic rings. The quantitative estimate of drug-likeness (QED) is 0.211. The largest absolute Gasteiger partial charge is 0.461 e. The van der Waals surface area contributed by atoms with Gasteiger partial charge in [-0.25, -0.2) is 4.79 Å². The van der Waals surface area contributed by atoms with E-state index in [1.54, 1.807) is 6.92 Å². The van der Waals surface area contributed by atoms with Gasteiger partial charge in [0.05, 0.1) is 6.61 Å². The lowest BCUT2D eigenvalue weighted by molar-refractivity contribution is -0.135. The minimum Gasteiger partial charge on any atom is -0.461 e. The fraction of sp³-hybridized carbons (Fsp3) is 0.667. The van der Waals surface area contributed by atoms with Gasteiger partial charge in [0, 0.05) is 6.92 Å². The highest BCUT2D eigenvalue weighted by molar-refractivity contribution is 6.63. The SMILES string of the molecule is CCCO/N=C(\C(C)=O)C(=O)OCC. The first kappa shape index (κ1) is 12.6. The fourth-order valence-electron chi connectivity index (χ4n) is 0.646. The van der Waals surface area contributed by atoms with Gasteiger partial charge in [-0.1, -0.05) is 12.1 Å². The van der Waals surface area contributed by atoms with Crippen LogP contribution in [0, 0.1) is 0 Å². The van der Waals surface area contributed by atoms with Gasteiger partial charge in [-0.2, -0.15) is 0 Å². The second-order valence-corrected chi connectivity index (χ2v) is 2.55. The van der Waals surface area contributed by atoms with Crippen molar-refractivity contribution in [3.8, 4) is 0 Å². The predicted octanol–water partition coefficient (Wildman–Crippen LogP) is 0.921. The summed E-state index contributed by atoms with van der Waals surface area (Å²) in [4.78, 5) is 26.8. The highest BCUT2D eigenvalue weighted by Gasteiger charge is 2.18. The summed E-state index contributed by atoms with van der Waals surface area (Å²) in [5.41, 5.74) is -0.291. The van der Waals surface area contributed by atoms with Crippen molar-refractivity contribution in [3.63, 3.8) is 0 Å². The van der Waals surface area contributed by atoms with Gasteiger partial charge < -0.3 is 9.57 Å². The Morgan fingerprint density at radius 3 is 2.36 bits per heavy atom. The van der Waals surface area contributed by atoms with E-state index in [0.29, 0.717) is 6.61 Å². The van der Waals surface area contributed by atoms with Crippen molar-refractivity contribution in [1.82, 2.24) is 0 Å². The highest BCUT2D eigenvalue weighted by Crippen LogP contribution is 1.91. The first-order valence-electron chi connectivity index (χ1n) is 4.51. The number of ketones is 1. The third kappa shape index (κ3) is 4.59. The van der Waals surface area contributed by atoms with E-state index in [2.05, 4.69) is 9.89 Å². The number of carbonyl (C=O) groups excluding carboxylic acids is 2. The van der Waals surface area contributed by atoms with Gasteiger partial charge in [0.2, 0.25) is 5.71 Å². The lowest BCUT2D eigenvalue weighted by Gasteiger charge is -2.02. The average molecular weight is 201 g/mol. The Morgan fingerprint density at radius 2 is 1.93 bits per heavy atom. The normalized spacial score (nSPS) is 10.9. The maximum Gasteiger partial charge on any atom is 0.364 e. The zero-order valence-corrected chi connectivity index (χ0v) is 8.70. The maximum absolute atomic E-state index is 11.1. The standard InChI is InChI=1S/C9H15NO4/c1-4-6-14-10-8(7(3)11)9(12)13-5-2/h4-6H2,1-3H3/b10-8+. The Kier molecular flexibility index (Phi) is 6.36. The molecule has 0 aromatic carbocycles. The van der Waals surface area contributed by atoms with Crippen LogP contribution in [0.15, 0.2) is 5.16 Å². The molecule has 0 aliphatic heterocycles. The molecule has 0 unspecified atom stereocenters. The van der Waals surface area contributed by atoms with Crippen molar-refractivity contribution in [2.24, 2.45) is 5.16 Å². The van der Waals surface area contributed by atoms with Gasteiger partial charge in [0.15, 0.2) is 5.78 Å². The van der Waals surface area contributed by atoms with Gasteiger partial charge in [0.25, 0.3) is 0 Å². The van der Waals surface area contributed by atoms with Crippen LogP contribution in [0.2, 0.25) is 0 Å². The summed E-state index contributed by atoms with van der Waals surface area (Å²) in [5.74, 6) is -1.20. The number of carbonyl (C=O) groups is 2. The van der Waals surface area contributed by atoms with Crippen molar-refractivity contribution >= 4 is 17.5 Å². The monoisotopic (exact) mass is 201 g/mol. The van der Waals surface area contributed by atoms with Crippen LogP contribution in [0.3, 0.4) is 0 Å². The van der Waals surface area contributed by atoms with E-state index in [9.17, 15) is 9.59 Å². The second-order valence-electron chi connectivity index (χ2n) is 2.55. The minimum absolute atomic E-state index is 0.207. The molecule has 5 heteroatoms. The number of nitrogens with zero attached hydrogens (tertiary/aromatic N) is 1. The van der Waals surface area contributed by atoms with Gasteiger partial charge in [0.1, 0.15) is 6.61 Å². The molecule has 0 amide bonds. The molecule has 0 atom stereocenters. The van der Waals surface area contributed by atoms with E-state index in [4.69, 9.17) is 4.84 Å². The van der Waals surface area contributed by atoms with Crippen LogP contribution in [0.1, 0.15) is 27.2 Å².